The number of urea groups is 1. The Morgan fingerprint density at radius 1 is 0.973 bits per heavy atom. The van der Waals surface area contributed by atoms with Crippen molar-refractivity contribution in [1.29, 1.82) is 0 Å². The quantitative estimate of drug-likeness (QED) is 0.266. The second-order valence-electron chi connectivity index (χ2n) is 8.85. The normalized spacial score (nSPS) is 14.9. The first-order valence-electron chi connectivity index (χ1n) is 11.8. The van der Waals surface area contributed by atoms with Crippen molar-refractivity contribution in [2.75, 3.05) is 11.5 Å². The fraction of sp³-hybridized carbons (Fsp3) is 0.138. The van der Waals surface area contributed by atoms with Gasteiger partial charge in [0.15, 0.2) is 0 Å². The summed E-state index contributed by atoms with van der Waals surface area (Å²) in [7, 11) is 0. The van der Waals surface area contributed by atoms with Crippen molar-refractivity contribution in [3.8, 4) is 5.75 Å². The highest BCUT2D eigenvalue weighted by atomic mass is 35.5. The van der Waals surface area contributed by atoms with Crippen molar-refractivity contribution >= 4 is 52.1 Å². The topological polar surface area (TPSA) is 80.6 Å². The smallest absolute Gasteiger partial charge is 0.335 e. The minimum atomic E-state index is -0.817. The number of aromatic nitrogens is 1. The molecule has 7 nitrogen and oxygen atoms in total. The van der Waals surface area contributed by atoms with Crippen LogP contribution in [0.3, 0.4) is 0 Å². The standard InChI is InChI=1S/C29H24ClN3O4/c1-18-7-11-22(12-8-18)37-14-13-32-17-20(23-5-3-4-6-26(23)32)15-24-27(34)31-29(36)33(28(24)35)21-10-9-19(2)25(30)16-21/h3-12,15-17H,13-14H2,1-2H3,(H,31,34,36). The van der Waals surface area contributed by atoms with E-state index in [1.54, 1.807) is 12.1 Å². The molecule has 1 aliphatic heterocycles. The molecule has 1 saturated heterocycles. The second-order valence-corrected chi connectivity index (χ2v) is 9.26. The van der Waals surface area contributed by atoms with Gasteiger partial charge in [-0.1, -0.05) is 53.6 Å². The van der Waals surface area contributed by atoms with Gasteiger partial charge in [-0.2, -0.15) is 0 Å². The number of hydrogen-bond acceptors (Lipinski definition) is 4. The fourth-order valence-corrected chi connectivity index (χ4v) is 4.41. The molecule has 8 heteroatoms. The van der Waals surface area contributed by atoms with Gasteiger partial charge in [0.2, 0.25) is 0 Å². The Balaban J connectivity index is 1.45. The van der Waals surface area contributed by atoms with Crippen LogP contribution in [-0.4, -0.2) is 29.0 Å². The largest absolute Gasteiger partial charge is 0.492 e. The third kappa shape index (κ3) is 4.86. The zero-order chi connectivity index (χ0) is 26.1. The summed E-state index contributed by atoms with van der Waals surface area (Å²) in [6.07, 6.45) is 3.40. The molecule has 1 fully saturated rings. The number of aryl methyl sites for hydroxylation is 2. The van der Waals surface area contributed by atoms with Gasteiger partial charge in [-0.15, -0.1) is 0 Å². The van der Waals surface area contributed by atoms with E-state index in [0.717, 1.165) is 32.7 Å². The summed E-state index contributed by atoms with van der Waals surface area (Å²) < 4.78 is 7.91. The first-order valence-corrected chi connectivity index (χ1v) is 12.1. The molecule has 1 aromatic heterocycles. The lowest BCUT2D eigenvalue weighted by atomic mass is 10.1. The predicted octanol–water partition coefficient (Wildman–Crippen LogP) is 5.66. The molecule has 4 amide bonds. The summed E-state index contributed by atoms with van der Waals surface area (Å²) in [5.74, 6) is -0.674. The predicted molar refractivity (Wildman–Crippen MR) is 144 cm³/mol. The fourth-order valence-electron chi connectivity index (χ4n) is 4.24. The Kier molecular flexibility index (Phi) is 6.54. The maximum absolute atomic E-state index is 13.3. The Morgan fingerprint density at radius 3 is 2.49 bits per heavy atom. The molecule has 0 bridgehead atoms. The zero-order valence-corrected chi connectivity index (χ0v) is 21.1. The zero-order valence-electron chi connectivity index (χ0n) is 20.3. The minimum absolute atomic E-state index is 0.143. The number of carbonyl (C=O) groups is 3. The number of nitrogens with one attached hydrogen (secondary N) is 1. The van der Waals surface area contributed by atoms with Crippen molar-refractivity contribution in [3.05, 3.63) is 100 Å². The number of rotatable bonds is 6. The highest BCUT2D eigenvalue weighted by Gasteiger charge is 2.37. The van der Waals surface area contributed by atoms with Crippen molar-refractivity contribution in [1.82, 2.24) is 9.88 Å². The average molecular weight is 514 g/mol. The molecule has 0 atom stereocenters. The number of amides is 4. The van der Waals surface area contributed by atoms with Gasteiger partial charge >= 0.3 is 6.03 Å². The highest BCUT2D eigenvalue weighted by molar-refractivity contribution is 6.39. The molecule has 0 saturated carbocycles. The van der Waals surface area contributed by atoms with Crippen LogP contribution in [0.4, 0.5) is 10.5 Å². The summed E-state index contributed by atoms with van der Waals surface area (Å²) >= 11 is 6.21. The van der Waals surface area contributed by atoms with Crippen molar-refractivity contribution in [3.63, 3.8) is 0 Å². The number of carbonyl (C=O) groups excluding carboxylic acids is 3. The lowest BCUT2D eigenvalue weighted by Gasteiger charge is -2.26. The first kappa shape index (κ1) is 24.3. The molecular formula is C29H24ClN3O4. The number of para-hydroxylation sites is 1. The Hall–Kier alpha value is -4.36. The van der Waals surface area contributed by atoms with Crippen LogP contribution in [0.2, 0.25) is 5.02 Å². The molecule has 4 aromatic rings. The molecule has 2 heterocycles. The van der Waals surface area contributed by atoms with Crippen molar-refractivity contribution < 1.29 is 19.1 Å². The van der Waals surface area contributed by atoms with Gasteiger partial charge in [-0.25, -0.2) is 9.69 Å². The number of nitrogens with zero attached hydrogens (tertiary/aromatic N) is 2. The average Bonchev–Trinajstić information content (AvgIpc) is 3.22. The number of imide groups is 2. The molecule has 1 N–H and O–H groups in total. The SMILES string of the molecule is Cc1ccc(OCCn2cc(C=C3C(=O)NC(=O)N(c4ccc(C)c(Cl)c4)C3=O)c3ccccc32)cc1. The summed E-state index contributed by atoms with van der Waals surface area (Å²) in [6.45, 7) is 4.84. The maximum Gasteiger partial charge on any atom is 0.335 e. The molecular weight excluding hydrogens is 490 g/mol. The number of barbiturate groups is 1. The monoisotopic (exact) mass is 513 g/mol. The lowest BCUT2D eigenvalue weighted by molar-refractivity contribution is -0.122. The van der Waals surface area contributed by atoms with Crippen LogP contribution >= 0.6 is 11.6 Å². The van der Waals surface area contributed by atoms with Gasteiger partial charge in [-0.05, 0) is 55.8 Å². The van der Waals surface area contributed by atoms with E-state index in [2.05, 4.69) is 5.32 Å². The van der Waals surface area contributed by atoms with Crippen LogP contribution < -0.4 is 15.0 Å². The third-order valence-electron chi connectivity index (χ3n) is 6.26. The molecule has 0 aliphatic carbocycles. The number of benzene rings is 3. The van der Waals surface area contributed by atoms with Crippen LogP contribution in [0.5, 0.6) is 5.75 Å². The van der Waals surface area contributed by atoms with E-state index in [1.807, 2.05) is 73.1 Å². The summed E-state index contributed by atoms with van der Waals surface area (Å²) in [5.41, 5.74) is 3.72. The Morgan fingerprint density at radius 2 is 1.73 bits per heavy atom. The summed E-state index contributed by atoms with van der Waals surface area (Å²) in [5, 5.41) is 3.54. The molecule has 0 radical (unpaired) electrons. The Labute approximate surface area is 218 Å². The molecule has 1 aliphatic rings. The number of fused-ring (bicyclic) bond motifs is 1. The van der Waals surface area contributed by atoms with Gasteiger partial charge in [0, 0.05) is 27.7 Å². The van der Waals surface area contributed by atoms with E-state index in [-0.39, 0.29) is 11.3 Å². The van der Waals surface area contributed by atoms with E-state index in [9.17, 15) is 14.4 Å². The number of hydrogen-bond donors (Lipinski definition) is 1. The summed E-state index contributed by atoms with van der Waals surface area (Å²) in [4.78, 5) is 39.6. The lowest BCUT2D eigenvalue weighted by Crippen LogP contribution is -2.54. The van der Waals surface area contributed by atoms with E-state index >= 15 is 0 Å². The van der Waals surface area contributed by atoms with Crippen molar-refractivity contribution in [2.45, 2.75) is 20.4 Å². The van der Waals surface area contributed by atoms with E-state index in [1.165, 1.54) is 12.1 Å². The van der Waals surface area contributed by atoms with Gasteiger partial charge in [0.1, 0.15) is 17.9 Å². The third-order valence-corrected chi connectivity index (χ3v) is 6.66. The Bertz CT molecular complexity index is 1570. The molecule has 0 spiro atoms. The summed E-state index contributed by atoms with van der Waals surface area (Å²) in [6, 6.07) is 19.6. The minimum Gasteiger partial charge on any atom is -0.492 e. The van der Waals surface area contributed by atoms with Crippen molar-refractivity contribution in [2.24, 2.45) is 0 Å². The highest BCUT2D eigenvalue weighted by Crippen LogP contribution is 2.29. The number of anilines is 1. The molecule has 186 valence electrons. The number of halogens is 1. The molecule has 3 aromatic carbocycles. The number of ether oxygens (including phenoxy) is 1. The van der Waals surface area contributed by atoms with Crippen LogP contribution in [-0.2, 0) is 16.1 Å². The second kappa shape index (κ2) is 9.95. The van der Waals surface area contributed by atoms with E-state index < -0.39 is 17.8 Å². The van der Waals surface area contributed by atoms with Gasteiger partial charge < -0.3 is 9.30 Å². The van der Waals surface area contributed by atoms with Gasteiger partial charge in [0.05, 0.1) is 12.2 Å². The van der Waals surface area contributed by atoms with E-state index in [0.29, 0.717) is 23.7 Å². The molecule has 37 heavy (non-hydrogen) atoms. The van der Waals surface area contributed by atoms with Crippen LogP contribution in [0.1, 0.15) is 16.7 Å². The molecule has 5 rings (SSSR count). The van der Waals surface area contributed by atoms with Crippen LogP contribution in [0, 0.1) is 13.8 Å². The maximum atomic E-state index is 13.3. The van der Waals surface area contributed by atoms with Gasteiger partial charge in [-0.3, -0.25) is 14.9 Å². The van der Waals surface area contributed by atoms with Crippen LogP contribution in [0.15, 0.2) is 78.5 Å². The van der Waals surface area contributed by atoms with Crippen LogP contribution in [0.25, 0.3) is 17.0 Å². The van der Waals surface area contributed by atoms with Gasteiger partial charge in [0.25, 0.3) is 11.8 Å². The first-order chi connectivity index (χ1) is 17.8. The molecule has 0 unspecified atom stereocenters. The van der Waals surface area contributed by atoms with E-state index in [4.69, 9.17) is 16.3 Å².